The molecule has 1 amide bonds. The average molecular weight is 445 g/mol. The smallest absolute Gasteiger partial charge is 0.411 e. The number of carboxylic acids is 1. The number of ether oxygens (including phenoxy) is 1. The van der Waals surface area contributed by atoms with Crippen molar-refractivity contribution in [3.8, 4) is 0 Å². The predicted molar refractivity (Wildman–Crippen MR) is 117 cm³/mol. The lowest BCUT2D eigenvalue weighted by atomic mass is 9.92. The molecule has 0 unspecified atom stereocenters. The average Bonchev–Trinajstić information content (AvgIpc) is 2.77. The van der Waals surface area contributed by atoms with Gasteiger partial charge in [0.15, 0.2) is 5.60 Å². The Bertz CT molecular complexity index is 957. The first-order valence-corrected chi connectivity index (χ1v) is 9.33. The van der Waals surface area contributed by atoms with E-state index in [0.29, 0.717) is 0 Å². The molecule has 2 rings (SSSR count). The maximum Gasteiger partial charge on any atom is 0.411 e. The van der Waals surface area contributed by atoms with Gasteiger partial charge in [-0.05, 0) is 18.6 Å². The molecule has 1 aliphatic rings. The number of hydrogen-bond acceptors (Lipinski definition) is 10. The van der Waals surface area contributed by atoms with Gasteiger partial charge in [-0.1, -0.05) is 13.2 Å². The molecule has 6 N–H and O–H groups in total. The number of carbonyl (C=O) groups is 2. The summed E-state index contributed by atoms with van der Waals surface area (Å²) < 4.78 is 5.31. The van der Waals surface area contributed by atoms with E-state index < -0.39 is 51.6 Å². The Balaban J connectivity index is 2.28. The molecule has 32 heavy (non-hydrogen) atoms. The van der Waals surface area contributed by atoms with Gasteiger partial charge in [0.05, 0.1) is 4.92 Å². The third kappa shape index (κ3) is 4.71. The lowest BCUT2D eigenvalue weighted by Crippen LogP contribution is -2.51. The first-order chi connectivity index (χ1) is 15.1. The van der Waals surface area contributed by atoms with Crippen LogP contribution in [0.1, 0.15) is 16.8 Å². The summed E-state index contributed by atoms with van der Waals surface area (Å²) in [6.07, 6.45) is 4.78. The number of aromatic carboxylic acids is 1. The number of nitrogens with zero attached hydrogens (tertiary/aromatic N) is 3. The second kappa shape index (κ2) is 9.68. The number of anilines is 2. The van der Waals surface area contributed by atoms with E-state index in [2.05, 4.69) is 23.5 Å². The topological polar surface area (TPSA) is 209 Å². The van der Waals surface area contributed by atoms with Crippen LogP contribution < -0.4 is 11.1 Å². The highest BCUT2D eigenvalue weighted by atomic mass is 16.6. The van der Waals surface area contributed by atoms with Gasteiger partial charge < -0.3 is 36.6 Å². The van der Waals surface area contributed by atoms with Gasteiger partial charge in [0.1, 0.15) is 11.3 Å². The lowest BCUT2D eigenvalue weighted by molar-refractivity contribution is -0.383. The van der Waals surface area contributed by atoms with Gasteiger partial charge in [-0.2, -0.15) is 0 Å². The SMILES string of the molecule is C=CC(C=C)(C=N)OC(=O)N1CC[C@@H](Nc2c(C(=O)O)cnc(N)c2[N+](=O)[O-])[C@@H](C=N)C1. The third-order valence-corrected chi connectivity index (χ3v) is 5.08. The van der Waals surface area contributed by atoms with E-state index >= 15 is 0 Å². The molecule has 1 aromatic heterocycles. The Labute approximate surface area is 182 Å². The summed E-state index contributed by atoms with van der Waals surface area (Å²) in [6.45, 7) is 7.22. The number of nitrogens with two attached hydrogens (primary N) is 1. The van der Waals surface area contributed by atoms with Crippen molar-refractivity contribution in [1.29, 1.82) is 10.8 Å². The number of nitrogen functional groups attached to an aromatic ring is 1. The van der Waals surface area contributed by atoms with Crippen LogP contribution in [0.25, 0.3) is 0 Å². The number of nitro groups is 1. The minimum atomic E-state index is -1.47. The maximum atomic E-state index is 12.6. The second-order valence-electron chi connectivity index (χ2n) is 6.93. The number of piperidine rings is 1. The number of hydrogen-bond donors (Lipinski definition) is 5. The summed E-state index contributed by atoms with van der Waals surface area (Å²) in [5.41, 5.74) is 2.68. The van der Waals surface area contributed by atoms with Crippen molar-refractivity contribution >= 4 is 41.7 Å². The van der Waals surface area contributed by atoms with Gasteiger partial charge >= 0.3 is 17.7 Å². The maximum absolute atomic E-state index is 12.6. The van der Waals surface area contributed by atoms with Crippen molar-refractivity contribution in [2.45, 2.75) is 18.1 Å². The number of nitrogens with one attached hydrogen (secondary N) is 3. The van der Waals surface area contributed by atoms with Gasteiger partial charge in [0.25, 0.3) is 0 Å². The number of likely N-dealkylation sites (tertiary alicyclic amines) is 1. The van der Waals surface area contributed by atoms with Crippen LogP contribution in [0.5, 0.6) is 0 Å². The Morgan fingerprint density at radius 1 is 1.44 bits per heavy atom. The number of carbonyl (C=O) groups excluding carboxylic acids is 1. The largest absolute Gasteiger partial charge is 0.478 e. The first-order valence-electron chi connectivity index (χ1n) is 9.33. The summed E-state index contributed by atoms with van der Waals surface area (Å²) in [5, 5.41) is 38.9. The molecule has 0 spiro atoms. The molecule has 0 aromatic carbocycles. The minimum Gasteiger partial charge on any atom is -0.478 e. The van der Waals surface area contributed by atoms with Crippen LogP contribution >= 0.6 is 0 Å². The van der Waals surface area contributed by atoms with Crippen molar-refractivity contribution in [3.63, 3.8) is 0 Å². The molecule has 1 aromatic rings. The fourth-order valence-corrected chi connectivity index (χ4v) is 3.22. The number of amides is 1. The fraction of sp³-hybridized carbons (Fsp3) is 0.316. The molecule has 170 valence electrons. The first kappa shape index (κ1) is 24.0. The third-order valence-electron chi connectivity index (χ3n) is 5.08. The van der Waals surface area contributed by atoms with E-state index in [0.717, 1.165) is 18.6 Å². The molecule has 0 radical (unpaired) electrons. The van der Waals surface area contributed by atoms with E-state index in [1.165, 1.54) is 17.1 Å². The number of rotatable bonds is 9. The van der Waals surface area contributed by atoms with Crippen LogP contribution in [0.4, 0.5) is 22.0 Å². The van der Waals surface area contributed by atoms with Gasteiger partial charge in [-0.3, -0.25) is 10.1 Å². The summed E-state index contributed by atoms with van der Waals surface area (Å²) >= 11 is 0. The molecule has 1 fully saturated rings. The van der Waals surface area contributed by atoms with E-state index in [9.17, 15) is 24.8 Å². The second-order valence-corrected chi connectivity index (χ2v) is 6.93. The summed E-state index contributed by atoms with van der Waals surface area (Å²) in [4.78, 5) is 39.7. The molecule has 0 aliphatic carbocycles. The Kier molecular flexibility index (Phi) is 7.25. The van der Waals surface area contributed by atoms with Crippen LogP contribution in [0.2, 0.25) is 0 Å². The van der Waals surface area contributed by atoms with Gasteiger partial charge in [0.2, 0.25) is 5.82 Å². The quantitative estimate of drug-likeness (QED) is 0.162. The molecule has 0 saturated carbocycles. The highest BCUT2D eigenvalue weighted by Gasteiger charge is 2.36. The van der Waals surface area contributed by atoms with Crippen molar-refractivity contribution in [2.24, 2.45) is 5.92 Å². The van der Waals surface area contributed by atoms with E-state index in [1.54, 1.807) is 0 Å². The van der Waals surface area contributed by atoms with Crippen LogP contribution in [-0.2, 0) is 4.74 Å². The van der Waals surface area contributed by atoms with E-state index in [-0.39, 0.29) is 25.2 Å². The monoisotopic (exact) mass is 445 g/mol. The van der Waals surface area contributed by atoms with E-state index in [4.69, 9.17) is 21.3 Å². The normalized spacial score (nSPS) is 18.2. The van der Waals surface area contributed by atoms with Crippen LogP contribution in [-0.4, -0.2) is 69.1 Å². The Morgan fingerprint density at radius 2 is 2.09 bits per heavy atom. The zero-order chi connectivity index (χ0) is 24.1. The molecule has 1 saturated heterocycles. The molecular formula is C19H23N7O6. The molecule has 2 heterocycles. The number of aromatic nitrogens is 1. The number of carboxylic acid groups (broad SMARTS) is 1. The van der Waals surface area contributed by atoms with Gasteiger partial charge in [-0.15, -0.1) is 0 Å². The molecule has 13 heteroatoms. The highest BCUT2D eigenvalue weighted by Crippen LogP contribution is 2.35. The Morgan fingerprint density at radius 3 is 2.59 bits per heavy atom. The van der Waals surface area contributed by atoms with Crippen molar-refractivity contribution in [3.05, 3.63) is 47.2 Å². The summed E-state index contributed by atoms with van der Waals surface area (Å²) in [5.74, 6) is -2.52. The van der Waals surface area contributed by atoms with Crippen LogP contribution in [0, 0.1) is 26.9 Å². The van der Waals surface area contributed by atoms with Gasteiger partial charge in [0, 0.05) is 43.7 Å². The summed E-state index contributed by atoms with van der Waals surface area (Å²) in [7, 11) is 0. The molecule has 2 atom stereocenters. The van der Waals surface area contributed by atoms with Crippen molar-refractivity contribution in [1.82, 2.24) is 9.88 Å². The molecule has 13 nitrogen and oxygen atoms in total. The van der Waals surface area contributed by atoms with Crippen molar-refractivity contribution in [2.75, 3.05) is 24.1 Å². The zero-order valence-corrected chi connectivity index (χ0v) is 17.0. The van der Waals surface area contributed by atoms with Gasteiger partial charge in [-0.25, -0.2) is 14.6 Å². The zero-order valence-electron chi connectivity index (χ0n) is 17.0. The predicted octanol–water partition coefficient (Wildman–Crippen LogP) is 1.92. The van der Waals surface area contributed by atoms with Crippen LogP contribution in [0.15, 0.2) is 31.5 Å². The lowest BCUT2D eigenvalue weighted by Gasteiger charge is -2.38. The highest BCUT2D eigenvalue weighted by molar-refractivity contribution is 5.98. The Hall–Kier alpha value is -4.29. The van der Waals surface area contributed by atoms with Crippen LogP contribution in [0.3, 0.4) is 0 Å². The standard InChI is InChI=1S/C19H23N7O6/c1-3-19(4-2,10-21)32-18(29)25-6-5-13(11(7-20)9-25)24-14-12(17(27)28)8-23-16(22)15(14)26(30)31/h3-4,7-8,10-11,13,20-21H,1-2,5-6,9H2,(H,27,28)(H3,22,23,24)/t11-,13+/m0/s1. The van der Waals surface area contributed by atoms with Crippen molar-refractivity contribution < 1.29 is 24.4 Å². The molecule has 0 bridgehead atoms. The van der Waals surface area contributed by atoms with E-state index in [1.807, 2.05) is 0 Å². The number of pyridine rings is 1. The molecular weight excluding hydrogens is 422 g/mol. The minimum absolute atomic E-state index is 0.0130. The fourth-order valence-electron chi connectivity index (χ4n) is 3.22. The summed E-state index contributed by atoms with van der Waals surface area (Å²) in [6, 6.07) is -0.610. The molecule has 1 aliphatic heterocycles.